The topological polar surface area (TPSA) is 32.3 Å². The van der Waals surface area contributed by atoms with E-state index in [4.69, 9.17) is 0 Å². The standard InChI is InChI=1S/C12H22N4S2/c1-11(2)16-7-5-15(6-8-16)4-3-9-17-12-14-13-10-18-12/h10-11H,3-9H2,1-2H3. The largest absolute Gasteiger partial charge is 0.301 e. The van der Waals surface area contributed by atoms with Gasteiger partial charge in [0, 0.05) is 38.0 Å². The van der Waals surface area contributed by atoms with Crippen molar-refractivity contribution in [1.29, 1.82) is 0 Å². The minimum Gasteiger partial charge on any atom is -0.301 e. The van der Waals surface area contributed by atoms with Gasteiger partial charge in [-0.15, -0.1) is 10.2 Å². The molecule has 6 heteroatoms. The zero-order chi connectivity index (χ0) is 12.8. The van der Waals surface area contributed by atoms with E-state index in [0.29, 0.717) is 6.04 Å². The lowest BCUT2D eigenvalue weighted by Crippen LogP contribution is -2.48. The average molecular weight is 286 g/mol. The molecule has 0 aliphatic carbocycles. The van der Waals surface area contributed by atoms with E-state index in [2.05, 4.69) is 33.8 Å². The molecule has 2 heterocycles. The quantitative estimate of drug-likeness (QED) is 0.590. The molecule has 2 rings (SSSR count). The molecule has 1 saturated heterocycles. The van der Waals surface area contributed by atoms with Gasteiger partial charge in [-0.05, 0) is 26.8 Å². The Labute approximate surface area is 118 Å². The van der Waals surface area contributed by atoms with Crippen molar-refractivity contribution in [2.45, 2.75) is 30.6 Å². The number of hydrogen-bond acceptors (Lipinski definition) is 6. The lowest BCUT2D eigenvalue weighted by molar-refractivity contribution is 0.109. The molecule has 1 aliphatic heterocycles. The molecule has 1 aromatic rings. The zero-order valence-corrected chi connectivity index (χ0v) is 12.8. The summed E-state index contributed by atoms with van der Waals surface area (Å²) in [4.78, 5) is 5.14. The van der Waals surface area contributed by atoms with Crippen LogP contribution in [0.4, 0.5) is 0 Å². The highest BCUT2D eigenvalue weighted by Crippen LogP contribution is 2.19. The van der Waals surface area contributed by atoms with Crippen LogP contribution in [0.3, 0.4) is 0 Å². The second-order valence-electron chi connectivity index (χ2n) is 4.88. The van der Waals surface area contributed by atoms with Gasteiger partial charge in [-0.25, -0.2) is 0 Å². The first-order valence-corrected chi connectivity index (χ1v) is 8.47. The predicted molar refractivity (Wildman–Crippen MR) is 78.4 cm³/mol. The van der Waals surface area contributed by atoms with Crippen LogP contribution in [-0.2, 0) is 0 Å². The molecule has 0 spiro atoms. The third kappa shape index (κ3) is 4.50. The molecule has 0 aromatic carbocycles. The van der Waals surface area contributed by atoms with E-state index in [1.165, 1.54) is 39.1 Å². The van der Waals surface area contributed by atoms with Gasteiger partial charge in [0.25, 0.3) is 0 Å². The number of hydrogen-bond donors (Lipinski definition) is 0. The molecule has 0 atom stereocenters. The Bertz CT molecular complexity index is 321. The average Bonchev–Trinajstić information content (AvgIpc) is 2.88. The number of thioether (sulfide) groups is 1. The maximum Gasteiger partial charge on any atom is 0.174 e. The summed E-state index contributed by atoms with van der Waals surface area (Å²) < 4.78 is 1.10. The van der Waals surface area contributed by atoms with Gasteiger partial charge in [-0.3, -0.25) is 4.90 Å². The van der Waals surface area contributed by atoms with E-state index in [1.807, 2.05) is 11.8 Å². The van der Waals surface area contributed by atoms with Crippen LogP contribution in [0.1, 0.15) is 20.3 Å². The molecule has 1 aromatic heterocycles. The first-order valence-electron chi connectivity index (χ1n) is 6.61. The van der Waals surface area contributed by atoms with Gasteiger partial charge in [-0.2, -0.15) is 0 Å². The van der Waals surface area contributed by atoms with Crippen LogP contribution in [0.5, 0.6) is 0 Å². The molecule has 4 nitrogen and oxygen atoms in total. The van der Waals surface area contributed by atoms with Crippen LogP contribution in [0.25, 0.3) is 0 Å². The van der Waals surface area contributed by atoms with Crippen molar-refractivity contribution < 1.29 is 0 Å². The van der Waals surface area contributed by atoms with Crippen molar-refractivity contribution in [3.8, 4) is 0 Å². The number of rotatable bonds is 6. The van der Waals surface area contributed by atoms with E-state index in [9.17, 15) is 0 Å². The molecule has 0 radical (unpaired) electrons. The summed E-state index contributed by atoms with van der Waals surface area (Å²) in [7, 11) is 0. The Morgan fingerprint density at radius 3 is 2.72 bits per heavy atom. The van der Waals surface area contributed by atoms with E-state index in [-0.39, 0.29) is 0 Å². The molecule has 0 N–H and O–H groups in total. The molecule has 1 fully saturated rings. The molecule has 0 saturated carbocycles. The third-order valence-corrected chi connectivity index (χ3v) is 5.27. The van der Waals surface area contributed by atoms with E-state index in [0.717, 1.165) is 10.1 Å². The fraction of sp³-hybridized carbons (Fsp3) is 0.833. The van der Waals surface area contributed by atoms with Gasteiger partial charge in [0.2, 0.25) is 0 Å². The smallest absolute Gasteiger partial charge is 0.174 e. The molecule has 0 bridgehead atoms. The fourth-order valence-corrected chi connectivity index (χ4v) is 3.66. The fourth-order valence-electron chi connectivity index (χ4n) is 2.18. The van der Waals surface area contributed by atoms with Gasteiger partial charge in [0.05, 0.1) is 0 Å². The molecule has 0 amide bonds. The number of aromatic nitrogens is 2. The lowest BCUT2D eigenvalue weighted by atomic mass is 10.2. The van der Waals surface area contributed by atoms with Gasteiger partial charge >= 0.3 is 0 Å². The number of piperazine rings is 1. The maximum absolute atomic E-state index is 4.04. The molecular formula is C12H22N4S2. The van der Waals surface area contributed by atoms with Crippen LogP contribution in [0, 0.1) is 0 Å². The third-order valence-electron chi connectivity index (χ3n) is 3.32. The summed E-state index contributed by atoms with van der Waals surface area (Å²) in [5.41, 5.74) is 1.80. The maximum atomic E-state index is 4.04. The summed E-state index contributed by atoms with van der Waals surface area (Å²) in [5.74, 6) is 1.15. The monoisotopic (exact) mass is 286 g/mol. The van der Waals surface area contributed by atoms with Gasteiger partial charge in [0.15, 0.2) is 4.34 Å². The summed E-state index contributed by atoms with van der Waals surface area (Å²) in [6.07, 6.45) is 1.24. The minimum absolute atomic E-state index is 0.695. The van der Waals surface area contributed by atoms with Crippen molar-refractivity contribution in [2.75, 3.05) is 38.5 Å². The Morgan fingerprint density at radius 1 is 1.33 bits per heavy atom. The zero-order valence-electron chi connectivity index (χ0n) is 11.2. The van der Waals surface area contributed by atoms with E-state index in [1.54, 1.807) is 16.8 Å². The highest BCUT2D eigenvalue weighted by Gasteiger charge is 2.17. The van der Waals surface area contributed by atoms with Crippen molar-refractivity contribution in [3.05, 3.63) is 5.51 Å². The SMILES string of the molecule is CC(C)N1CCN(CCCSc2nncs2)CC1. The summed E-state index contributed by atoms with van der Waals surface area (Å²) >= 11 is 3.46. The van der Waals surface area contributed by atoms with Gasteiger partial charge in [0.1, 0.15) is 5.51 Å². The molecule has 0 unspecified atom stereocenters. The van der Waals surface area contributed by atoms with Crippen molar-refractivity contribution >= 4 is 23.1 Å². The molecule has 102 valence electrons. The molecule has 18 heavy (non-hydrogen) atoms. The Hall–Kier alpha value is -0.170. The van der Waals surface area contributed by atoms with Crippen molar-refractivity contribution in [1.82, 2.24) is 20.0 Å². The van der Waals surface area contributed by atoms with Crippen LogP contribution in [-0.4, -0.2) is 64.5 Å². The van der Waals surface area contributed by atoms with Crippen molar-refractivity contribution in [2.24, 2.45) is 0 Å². The number of nitrogens with zero attached hydrogens (tertiary/aromatic N) is 4. The summed E-state index contributed by atoms with van der Waals surface area (Å²) in [5, 5.41) is 7.89. The summed E-state index contributed by atoms with van der Waals surface area (Å²) in [6.45, 7) is 10.7. The first-order chi connectivity index (χ1) is 8.75. The van der Waals surface area contributed by atoms with E-state index >= 15 is 0 Å². The van der Waals surface area contributed by atoms with Crippen LogP contribution in [0.2, 0.25) is 0 Å². The Morgan fingerprint density at radius 2 is 2.11 bits per heavy atom. The highest BCUT2D eigenvalue weighted by molar-refractivity contribution is 8.00. The molecule has 1 aliphatic rings. The first kappa shape index (κ1) is 14.2. The van der Waals surface area contributed by atoms with E-state index < -0.39 is 0 Å². The molecular weight excluding hydrogens is 264 g/mol. The minimum atomic E-state index is 0.695. The lowest BCUT2D eigenvalue weighted by Gasteiger charge is -2.36. The normalized spacial score (nSPS) is 18.6. The van der Waals surface area contributed by atoms with Crippen LogP contribution in [0.15, 0.2) is 9.85 Å². The Kier molecular flexibility index (Phi) is 5.88. The second kappa shape index (κ2) is 7.43. The van der Waals surface area contributed by atoms with Crippen LogP contribution < -0.4 is 0 Å². The summed E-state index contributed by atoms with van der Waals surface area (Å²) in [6, 6.07) is 0.695. The van der Waals surface area contributed by atoms with Gasteiger partial charge < -0.3 is 4.90 Å². The second-order valence-corrected chi connectivity index (χ2v) is 7.05. The predicted octanol–water partition coefficient (Wildman–Crippen LogP) is 2.05. The Balaban J connectivity index is 1.55. The van der Waals surface area contributed by atoms with Crippen LogP contribution >= 0.6 is 23.1 Å². The van der Waals surface area contributed by atoms with Gasteiger partial charge in [-0.1, -0.05) is 23.1 Å². The van der Waals surface area contributed by atoms with Crippen molar-refractivity contribution in [3.63, 3.8) is 0 Å². The highest BCUT2D eigenvalue weighted by atomic mass is 32.2.